The molecule has 0 fully saturated rings. The molecule has 5 aromatic rings. The average Bonchev–Trinajstić information content (AvgIpc) is 3.33. The summed E-state index contributed by atoms with van der Waals surface area (Å²) in [5.74, 6) is 0.0934. The van der Waals surface area contributed by atoms with Gasteiger partial charge in [-0.3, -0.25) is 4.79 Å². The molecule has 2 N–H and O–H groups in total. The van der Waals surface area contributed by atoms with E-state index in [0.29, 0.717) is 22.3 Å². The number of amides is 1. The number of rotatable bonds is 8. The van der Waals surface area contributed by atoms with Gasteiger partial charge in [-0.25, -0.2) is 14.6 Å². The third-order valence-corrected chi connectivity index (χ3v) is 6.34. The number of nitrogens with one attached hydrogen (secondary N) is 2. The van der Waals surface area contributed by atoms with E-state index in [4.69, 9.17) is 0 Å². The summed E-state index contributed by atoms with van der Waals surface area (Å²) < 4.78 is 1.69. The second kappa shape index (κ2) is 11.0. The van der Waals surface area contributed by atoms with Crippen molar-refractivity contribution >= 4 is 34.7 Å². The van der Waals surface area contributed by atoms with Gasteiger partial charge >= 0.3 is 0 Å². The number of carbonyl (C=O) groups is 1. The number of anilines is 3. The summed E-state index contributed by atoms with van der Waals surface area (Å²) in [7, 11) is 0. The first-order chi connectivity index (χ1) is 18.0. The van der Waals surface area contributed by atoms with Crippen LogP contribution in [0.4, 0.5) is 17.1 Å². The second-order valence-corrected chi connectivity index (χ2v) is 9.32. The summed E-state index contributed by atoms with van der Waals surface area (Å²) in [5.41, 5.74) is 6.11. The Labute approximate surface area is 219 Å². The molecule has 184 valence electrons. The maximum atomic E-state index is 13.3. The lowest BCUT2D eigenvalue weighted by Gasteiger charge is -2.10. The first kappa shape index (κ1) is 24.2. The summed E-state index contributed by atoms with van der Waals surface area (Å²) in [5, 5.41) is 15.5. The van der Waals surface area contributed by atoms with Crippen LogP contribution in [-0.4, -0.2) is 30.9 Å². The van der Waals surface area contributed by atoms with Crippen LogP contribution in [0.15, 0.2) is 96.2 Å². The van der Waals surface area contributed by atoms with Crippen molar-refractivity contribution in [1.29, 1.82) is 0 Å². The van der Waals surface area contributed by atoms with Gasteiger partial charge in [0.2, 0.25) is 0 Å². The lowest BCUT2D eigenvalue weighted by molar-refractivity contribution is 0.102. The quantitative estimate of drug-likeness (QED) is 0.197. The zero-order valence-electron chi connectivity index (χ0n) is 20.4. The van der Waals surface area contributed by atoms with E-state index in [-0.39, 0.29) is 11.6 Å². The van der Waals surface area contributed by atoms with Gasteiger partial charge in [0, 0.05) is 34.2 Å². The van der Waals surface area contributed by atoms with Crippen LogP contribution in [0.2, 0.25) is 0 Å². The molecule has 37 heavy (non-hydrogen) atoms. The largest absolute Gasteiger partial charge is 0.356 e. The van der Waals surface area contributed by atoms with E-state index in [1.807, 2.05) is 105 Å². The van der Waals surface area contributed by atoms with Crippen molar-refractivity contribution in [2.24, 2.45) is 0 Å². The van der Waals surface area contributed by atoms with Gasteiger partial charge in [-0.1, -0.05) is 53.4 Å². The fourth-order valence-electron chi connectivity index (χ4n) is 3.79. The predicted octanol–water partition coefficient (Wildman–Crippen LogP) is 5.96. The SMILES string of the molecule is Cc1cc(C)nc(SCc2c(C(=O)Nc3ccc(Nc4ccccc4)cc3)nnn2-c2ccccc2)n1. The Balaban J connectivity index is 1.36. The minimum atomic E-state index is -0.331. The van der Waals surface area contributed by atoms with Crippen LogP contribution in [0.5, 0.6) is 0 Å². The Morgan fingerprint density at radius 3 is 2.08 bits per heavy atom. The number of hydrogen-bond acceptors (Lipinski definition) is 7. The normalized spacial score (nSPS) is 10.8. The fraction of sp³-hybridized carbons (Fsp3) is 0.107. The molecule has 0 unspecified atom stereocenters. The van der Waals surface area contributed by atoms with Gasteiger partial charge < -0.3 is 10.6 Å². The fourth-order valence-corrected chi connectivity index (χ4v) is 4.73. The van der Waals surface area contributed by atoms with Crippen LogP contribution < -0.4 is 10.6 Å². The molecule has 3 aromatic carbocycles. The number of nitrogens with zero attached hydrogens (tertiary/aromatic N) is 5. The van der Waals surface area contributed by atoms with Crippen LogP contribution in [0.1, 0.15) is 27.6 Å². The number of aromatic nitrogens is 5. The minimum absolute atomic E-state index is 0.257. The molecule has 0 saturated heterocycles. The van der Waals surface area contributed by atoms with Crippen LogP contribution in [0.3, 0.4) is 0 Å². The maximum absolute atomic E-state index is 13.3. The van der Waals surface area contributed by atoms with E-state index < -0.39 is 0 Å². The topological polar surface area (TPSA) is 97.6 Å². The van der Waals surface area contributed by atoms with E-state index in [1.54, 1.807) is 4.68 Å². The second-order valence-electron chi connectivity index (χ2n) is 8.38. The molecule has 1 amide bonds. The molecule has 0 aliphatic heterocycles. The van der Waals surface area contributed by atoms with Gasteiger partial charge in [0.25, 0.3) is 5.91 Å². The van der Waals surface area contributed by atoms with Crippen molar-refractivity contribution in [3.63, 3.8) is 0 Å². The highest BCUT2D eigenvalue weighted by Crippen LogP contribution is 2.25. The molecule has 0 saturated carbocycles. The smallest absolute Gasteiger partial charge is 0.278 e. The number of aryl methyl sites for hydroxylation is 2. The predicted molar refractivity (Wildman–Crippen MR) is 147 cm³/mol. The monoisotopic (exact) mass is 507 g/mol. The Hall–Kier alpha value is -4.50. The molecule has 0 spiro atoms. The number of thioether (sulfide) groups is 1. The number of para-hydroxylation sites is 2. The van der Waals surface area contributed by atoms with Crippen molar-refractivity contribution in [1.82, 2.24) is 25.0 Å². The van der Waals surface area contributed by atoms with Crippen molar-refractivity contribution < 1.29 is 4.79 Å². The van der Waals surface area contributed by atoms with Crippen LogP contribution in [0.25, 0.3) is 5.69 Å². The molecule has 0 radical (unpaired) electrons. The van der Waals surface area contributed by atoms with Gasteiger partial charge in [0.05, 0.1) is 11.4 Å². The summed E-state index contributed by atoms with van der Waals surface area (Å²) >= 11 is 1.44. The van der Waals surface area contributed by atoms with Gasteiger partial charge in [0.1, 0.15) is 0 Å². The van der Waals surface area contributed by atoms with E-state index in [2.05, 4.69) is 30.9 Å². The Kier molecular flexibility index (Phi) is 7.23. The van der Waals surface area contributed by atoms with Crippen molar-refractivity contribution in [2.75, 3.05) is 10.6 Å². The average molecular weight is 508 g/mol. The molecule has 9 heteroatoms. The van der Waals surface area contributed by atoms with Gasteiger partial charge in [0.15, 0.2) is 10.9 Å². The highest BCUT2D eigenvalue weighted by molar-refractivity contribution is 7.98. The third kappa shape index (κ3) is 6.02. The Morgan fingerprint density at radius 2 is 1.41 bits per heavy atom. The molecule has 0 bridgehead atoms. The number of hydrogen-bond donors (Lipinski definition) is 2. The lowest BCUT2D eigenvalue weighted by Crippen LogP contribution is -2.15. The summed E-state index contributed by atoms with van der Waals surface area (Å²) in [4.78, 5) is 22.3. The van der Waals surface area contributed by atoms with Crippen molar-refractivity contribution in [3.05, 3.63) is 114 Å². The maximum Gasteiger partial charge on any atom is 0.278 e. The molecule has 5 rings (SSSR count). The first-order valence-corrected chi connectivity index (χ1v) is 12.7. The molecule has 0 atom stereocenters. The van der Waals surface area contributed by atoms with Crippen LogP contribution in [-0.2, 0) is 5.75 Å². The first-order valence-electron chi connectivity index (χ1n) is 11.7. The van der Waals surface area contributed by atoms with Gasteiger partial charge in [-0.05, 0) is 68.4 Å². The zero-order valence-corrected chi connectivity index (χ0v) is 21.2. The summed E-state index contributed by atoms with van der Waals surface area (Å²) in [6.45, 7) is 3.88. The molecule has 0 aliphatic rings. The van der Waals surface area contributed by atoms with E-state index in [1.165, 1.54) is 11.8 Å². The molecular weight excluding hydrogens is 482 g/mol. The van der Waals surface area contributed by atoms with E-state index in [9.17, 15) is 4.79 Å². The van der Waals surface area contributed by atoms with E-state index in [0.717, 1.165) is 28.5 Å². The molecule has 2 aromatic heterocycles. The van der Waals surface area contributed by atoms with Crippen molar-refractivity contribution in [3.8, 4) is 5.69 Å². The molecule has 0 aliphatic carbocycles. The minimum Gasteiger partial charge on any atom is -0.356 e. The lowest BCUT2D eigenvalue weighted by atomic mass is 10.2. The standard InChI is InChI=1S/C28H25N7OS/c1-19-17-20(2)30-28(29-19)37-18-25-26(33-34-35(25)24-11-7-4-8-12-24)27(36)32-23-15-13-22(14-16-23)31-21-9-5-3-6-10-21/h3-17,31H,18H2,1-2H3,(H,32,36). The summed E-state index contributed by atoms with van der Waals surface area (Å²) in [6, 6.07) is 29.0. The zero-order chi connectivity index (χ0) is 25.6. The van der Waals surface area contributed by atoms with Crippen molar-refractivity contribution in [2.45, 2.75) is 24.8 Å². The highest BCUT2D eigenvalue weighted by Gasteiger charge is 2.21. The molecular formula is C28H25N7OS. The number of benzene rings is 3. The summed E-state index contributed by atoms with van der Waals surface area (Å²) in [6.07, 6.45) is 0. The molecule has 8 nitrogen and oxygen atoms in total. The van der Waals surface area contributed by atoms with Crippen LogP contribution in [0, 0.1) is 13.8 Å². The number of carbonyl (C=O) groups excluding carboxylic acids is 1. The van der Waals surface area contributed by atoms with Crippen LogP contribution >= 0.6 is 11.8 Å². The highest BCUT2D eigenvalue weighted by atomic mass is 32.2. The Morgan fingerprint density at radius 1 is 0.811 bits per heavy atom. The third-order valence-electron chi connectivity index (χ3n) is 5.48. The van der Waals surface area contributed by atoms with E-state index >= 15 is 0 Å². The van der Waals surface area contributed by atoms with Gasteiger partial charge in [-0.15, -0.1) is 5.10 Å². The Bertz CT molecular complexity index is 1480. The van der Waals surface area contributed by atoms with Gasteiger partial charge in [-0.2, -0.15) is 0 Å². The molecule has 2 heterocycles.